The SMILES string of the molecule is Cc1nonc1CC(=O)N[C@@H]1COCC[C@H]1O. The van der Waals surface area contributed by atoms with Crippen molar-refractivity contribution in [1.82, 2.24) is 15.6 Å². The number of aromatic nitrogens is 2. The van der Waals surface area contributed by atoms with Gasteiger partial charge in [0, 0.05) is 6.61 Å². The normalized spacial score (nSPS) is 24.6. The summed E-state index contributed by atoms with van der Waals surface area (Å²) in [4.78, 5) is 11.7. The van der Waals surface area contributed by atoms with Gasteiger partial charge in [-0.15, -0.1) is 0 Å². The maximum absolute atomic E-state index is 11.7. The van der Waals surface area contributed by atoms with Crippen molar-refractivity contribution in [2.45, 2.75) is 31.9 Å². The second kappa shape index (κ2) is 5.24. The van der Waals surface area contributed by atoms with Crippen LogP contribution in [0.5, 0.6) is 0 Å². The second-order valence-electron chi connectivity index (χ2n) is 4.08. The Morgan fingerprint density at radius 3 is 3.06 bits per heavy atom. The molecule has 1 aliphatic rings. The monoisotopic (exact) mass is 241 g/mol. The van der Waals surface area contributed by atoms with Crippen LogP contribution in [0.3, 0.4) is 0 Å². The van der Waals surface area contributed by atoms with E-state index in [-0.39, 0.29) is 18.4 Å². The zero-order valence-corrected chi connectivity index (χ0v) is 9.55. The highest BCUT2D eigenvalue weighted by Gasteiger charge is 2.25. The summed E-state index contributed by atoms with van der Waals surface area (Å²) in [6, 6.07) is -0.351. The van der Waals surface area contributed by atoms with E-state index in [0.717, 1.165) is 0 Å². The van der Waals surface area contributed by atoms with Gasteiger partial charge in [-0.25, -0.2) is 4.63 Å². The van der Waals surface area contributed by atoms with Crippen molar-refractivity contribution in [2.75, 3.05) is 13.2 Å². The number of aliphatic hydroxyl groups excluding tert-OH is 1. The Bertz CT molecular complexity index is 393. The lowest BCUT2D eigenvalue weighted by atomic mass is 10.1. The minimum atomic E-state index is -0.552. The molecule has 0 radical (unpaired) electrons. The maximum Gasteiger partial charge on any atom is 0.226 e. The molecule has 0 spiro atoms. The molecule has 7 heteroatoms. The van der Waals surface area contributed by atoms with Crippen molar-refractivity contribution in [3.8, 4) is 0 Å². The van der Waals surface area contributed by atoms with Crippen LogP contribution in [-0.2, 0) is 16.0 Å². The Hall–Kier alpha value is -1.47. The zero-order chi connectivity index (χ0) is 12.3. The lowest BCUT2D eigenvalue weighted by Gasteiger charge is -2.28. The lowest BCUT2D eigenvalue weighted by molar-refractivity contribution is -0.124. The largest absolute Gasteiger partial charge is 0.391 e. The minimum absolute atomic E-state index is 0.0958. The van der Waals surface area contributed by atoms with Crippen molar-refractivity contribution in [3.05, 3.63) is 11.4 Å². The molecule has 94 valence electrons. The van der Waals surface area contributed by atoms with E-state index in [9.17, 15) is 9.90 Å². The summed E-state index contributed by atoms with van der Waals surface area (Å²) < 4.78 is 9.69. The molecule has 17 heavy (non-hydrogen) atoms. The van der Waals surface area contributed by atoms with Crippen LogP contribution < -0.4 is 5.32 Å². The first kappa shape index (κ1) is 12.0. The van der Waals surface area contributed by atoms with Crippen LogP contribution in [0.2, 0.25) is 0 Å². The van der Waals surface area contributed by atoms with Gasteiger partial charge in [-0.1, -0.05) is 10.3 Å². The fourth-order valence-electron chi connectivity index (χ4n) is 1.68. The van der Waals surface area contributed by atoms with Crippen LogP contribution in [0.15, 0.2) is 4.63 Å². The molecule has 0 aromatic carbocycles. The number of carbonyl (C=O) groups is 1. The summed E-state index contributed by atoms with van der Waals surface area (Å²) >= 11 is 0. The third kappa shape index (κ3) is 3.01. The van der Waals surface area contributed by atoms with E-state index in [1.807, 2.05) is 0 Å². The van der Waals surface area contributed by atoms with Crippen LogP contribution in [0.25, 0.3) is 0 Å². The molecule has 1 aliphatic heterocycles. The molecule has 0 unspecified atom stereocenters. The Kier molecular flexibility index (Phi) is 3.70. The molecular weight excluding hydrogens is 226 g/mol. The predicted molar refractivity (Wildman–Crippen MR) is 56.1 cm³/mol. The molecule has 2 heterocycles. The van der Waals surface area contributed by atoms with Gasteiger partial charge in [-0.05, 0) is 13.3 Å². The maximum atomic E-state index is 11.7. The van der Waals surface area contributed by atoms with Gasteiger partial charge in [0.25, 0.3) is 0 Å². The van der Waals surface area contributed by atoms with Gasteiger partial charge in [0.1, 0.15) is 11.4 Å². The van der Waals surface area contributed by atoms with Crippen LogP contribution in [-0.4, -0.2) is 46.7 Å². The fraction of sp³-hybridized carbons (Fsp3) is 0.700. The number of hydrogen-bond acceptors (Lipinski definition) is 6. The Labute approximate surface area is 98.1 Å². The summed E-state index contributed by atoms with van der Waals surface area (Å²) in [6.45, 7) is 2.58. The molecule has 1 aromatic heterocycles. The molecule has 0 saturated carbocycles. The van der Waals surface area contributed by atoms with Crippen LogP contribution in [0, 0.1) is 6.92 Å². The van der Waals surface area contributed by atoms with Crippen molar-refractivity contribution < 1.29 is 19.3 Å². The van der Waals surface area contributed by atoms with E-state index in [0.29, 0.717) is 31.0 Å². The van der Waals surface area contributed by atoms with Gasteiger partial charge in [0.05, 0.1) is 25.2 Å². The molecule has 1 aromatic rings. The van der Waals surface area contributed by atoms with Crippen LogP contribution in [0.4, 0.5) is 0 Å². The number of ether oxygens (including phenoxy) is 1. The van der Waals surface area contributed by atoms with Gasteiger partial charge in [0.2, 0.25) is 5.91 Å². The average Bonchev–Trinajstić information content (AvgIpc) is 2.68. The van der Waals surface area contributed by atoms with E-state index >= 15 is 0 Å². The molecular formula is C10H15N3O4. The number of rotatable bonds is 3. The third-order valence-corrected chi connectivity index (χ3v) is 2.74. The van der Waals surface area contributed by atoms with E-state index in [4.69, 9.17) is 4.74 Å². The molecule has 0 bridgehead atoms. The van der Waals surface area contributed by atoms with E-state index in [2.05, 4.69) is 20.3 Å². The van der Waals surface area contributed by atoms with Gasteiger partial charge in [0.15, 0.2) is 0 Å². The standard InChI is InChI=1S/C10H15N3O4/c1-6-7(13-17-12-6)4-10(15)11-8-5-16-3-2-9(8)14/h8-9,14H,2-5H2,1H3,(H,11,15)/t8-,9-/m1/s1. The number of carbonyl (C=O) groups excluding carboxylic acids is 1. The zero-order valence-electron chi connectivity index (χ0n) is 9.55. The minimum Gasteiger partial charge on any atom is -0.391 e. The molecule has 2 atom stereocenters. The summed E-state index contributed by atoms with van der Waals surface area (Å²) in [6.07, 6.45) is 0.0813. The van der Waals surface area contributed by atoms with Crippen molar-refractivity contribution in [2.24, 2.45) is 0 Å². The Morgan fingerprint density at radius 2 is 2.41 bits per heavy atom. The first-order chi connectivity index (χ1) is 8.16. The number of aryl methyl sites for hydroxylation is 1. The lowest BCUT2D eigenvalue weighted by Crippen LogP contribution is -2.49. The highest BCUT2D eigenvalue weighted by molar-refractivity contribution is 5.78. The smallest absolute Gasteiger partial charge is 0.226 e. The molecule has 7 nitrogen and oxygen atoms in total. The third-order valence-electron chi connectivity index (χ3n) is 2.74. The molecule has 2 rings (SSSR count). The fourth-order valence-corrected chi connectivity index (χ4v) is 1.68. The molecule has 1 fully saturated rings. The van der Waals surface area contributed by atoms with Gasteiger partial charge in [-0.3, -0.25) is 4.79 Å². The predicted octanol–water partition coefficient (Wildman–Crippen LogP) is -0.813. The highest BCUT2D eigenvalue weighted by atomic mass is 16.6. The molecule has 2 N–H and O–H groups in total. The van der Waals surface area contributed by atoms with Crippen molar-refractivity contribution in [1.29, 1.82) is 0 Å². The van der Waals surface area contributed by atoms with E-state index in [1.54, 1.807) is 6.92 Å². The number of nitrogens with zero attached hydrogens (tertiary/aromatic N) is 2. The van der Waals surface area contributed by atoms with Crippen LogP contribution in [0.1, 0.15) is 17.8 Å². The summed E-state index contributed by atoms with van der Waals surface area (Å²) in [7, 11) is 0. The summed E-state index contributed by atoms with van der Waals surface area (Å²) in [5.41, 5.74) is 1.11. The number of nitrogens with one attached hydrogen (secondary N) is 1. The summed E-state index contributed by atoms with van der Waals surface area (Å²) in [5.74, 6) is -0.224. The number of aliphatic hydroxyl groups is 1. The van der Waals surface area contributed by atoms with Crippen molar-refractivity contribution >= 4 is 5.91 Å². The van der Waals surface area contributed by atoms with Gasteiger partial charge in [-0.2, -0.15) is 0 Å². The molecule has 1 saturated heterocycles. The Morgan fingerprint density at radius 1 is 1.59 bits per heavy atom. The highest BCUT2D eigenvalue weighted by Crippen LogP contribution is 2.08. The first-order valence-corrected chi connectivity index (χ1v) is 5.50. The number of hydrogen-bond donors (Lipinski definition) is 2. The topological polar surface area (TPSA) is 97.5 Å². The van der Waals surface area contributed by atoms with Gasteiger partial charge < -0.3 is 15.2 Å². The molecule has 0 aliphatic carbocycles. The van der Waals surface area contributed by atoms with Crippen LogP contribution >= 0.6 is 0 Å². The second-order valence-corrected chi connectivity index (χ2v) is 4.08. The quantitative estimate of drug-likeness (QED) is 0.718. The molecule has 1 amide bonds. The average molecular weight is 241 g/mol. The number of amides is 1. The van der Waals surface area contributed by atoms with Crippen molar-refractivity contribution in [3.63, 3.8) is 0 Å². The first-order valence-electron chi connectivity index (χ1n) is 5.50. The van der Waals surface area contributed by atoms with E-state index in [1.165, 1.54) is 0 Å². The van der Waals surface area contributed by atoms with Gasteiger partial charge >= 0.3 is 0 Å². The Balaban J connectivity index is 1.86. The van der Waals surface area contributed by atoms with E-state index < -0.39 is 6.10 Å². The summed E-state index contributed by atoms with van der Waals surface area (Å²) in [5, 5.41) is 19.6.